The number of halogens is 1. The molecule has 2 saturated heterocycles. The average Bonchev–Trinajstić information content (AvgIpc) is 3.26. The first kappa shape index (κ1) is 22.3. The Labute approximate surface area is 198 Å². The van der Waals surface area contributed by atoms with Gasteiger partial charge in [-0.3, -0.25) is 4.79 Å². The number of piperidine rings is 2. The summed E-state index contributed by atoms with van der Waals surface area (Å²) >= 11 is 0. The van der Waals surface area contributed by atoms with E-state index in [9.17, 15) is 14.3 Å². The number of aliphatic hydroxyl groups is 1. The number of imidazole rings is 1. The van der Waals surface area contributed by atoms with Crippen molar-refractivity contribution in [1.29, 1.82) is 0 Å². The molecule has 2 fully saturated rings. The van der Waals surface area contributed by atoms with Crippen LogP contribution >= 0.6 is 0 Å². The van der Waals surface area contributed by atoms with Crippen LogP contribution in [-0.4, -0.2) is 44.7 Å². The Bertz CT molecular complexity index is 1230. The van der Waals surface area contributed by atoms with Crippen molar-refractivity contribution in [2.75, 3.05) is 7.11 Å². The van der Waals surface area contributed by atoms with Gasteiger partial charge in [0.05, 0.1) is 37.0 Å². The van der Waals surface area contributed by atoms with E-state index in [0.29, 0.717) is 25.0 Å². The zero-order valence-corrected chi connectivity index (χ0v) is 19.3. The van der Waals surface area contributed by atoms with Crippen LogP contribution in [0.1, 0.15) is 48.5 Å². The molecule has 0 spiro atoms. The number of hydrogen-bond donors (Lipinski definition) is 1. The van der Waals surface area contributed by atoms with Crippen molar-refractivity contribution in [3.63, 3.8) is 0 Å². The summed E-state index contributed by atoms with van der Waals surface area (Å²) in [4.78, 5) is 19.8. The van der Waals surface area contributed by atoms with Crippen LogP contribution in [0.15, 0.2) is 60.6 Å². The number of aliphatic hydroxyl groups excluding tert-OH is 1. The summed E-state index contributed by atoms with van der Waals surface area (Å²) in [7, 11) is 1.63. The number of nitrogens with zero attached hydrogens (tertiary/aromatic N) is 3. The second-order valence-electron chi connectivity index (χ2n) is 9.12. The maximum Gasteiger partial charge on any atom is 0.250 e. The van der Waals surface area contributed by atoms with Crippen LogP contribution in [0.25, 0.3) is 11.8 Å². The van der Waals surface area contributed by atoms with Gasteiger partial charge in [-0.1, -0.05) is 18.2 Å². The zero-order valence-electron chi connectivity index (χ0n) is 19.3. The highest BCUT2D eigenvalue weighted by atomic mass is 19.1. The molecule has 3 unspecified atom stereocenters. The molecule has 3 heterocycles. The SMILES string of the molecule is COc1cc(/C=C2\CCC3CC(O)CC(c4ccc(F)cc4)N3C2=O)ccc1-n1cnc(C)c1. The van der Waals surface area contributed by atoms with Gasteiger partial charge in [0.15, 0.2) is 0 Å². The molecule has 2 aliphatic rings. The van der Waals surface area contributed by atoms with Gasteiger partial charge in [-0.25, -0.2) is 9.37 Å². The van der Waals surface area contributed by atoms with Gasteiger partial charge in [-0.05, 0) is 74.1 Å². The van der Waals surface area contributed by atoms with E-state index in [1.165, 1.54) is 12.1 Å². The molecular weight excluding hydrogens is 433 g/mol. The quantitative estimate of drug-likeness (QED) is 0.577. The number of rotatable bonds is 4. The van der Waals surface area contributed by atoms with E-state index >= 15 is 0 Å². The van der Waals surface area contributed by atoms with E-state index < -0.39 is 6.10 Å². The number of carbonyl (C=O) groups excluding carboxylic acids is 1. The van der Waals surface area contributed by atoms with E-state index in [2.05, 4.69) is 4.98 Å². The molecule has 176 valence electrons. The molecule has 1 aromatic heterocycles. The molecule has 0 bridgehead atoms. The molecule has 3 atom stereocenters. The predicted molar refractivity (Wildman–Crippen MR) is 127 cm³/mol. The third kappa shape index (κ3) is 4.23. The normalized spacial score (nSPS) is 23.8. The second-order valence-corrected chi connectivity index (χ2v) is 9.12. The lowest BCUT2D eigenvalue weighted by Gasteiger charge is -2.47. The maximum atomic E-state index is 13.6. The summed E-state index contributed by atoms with van der Waals surface area (Å²) < 4.78 is 21.0. The molecule has 34 heavy (non-hydrogen) atoms. The third-order valence-electron chi connectivity index (χ3n) is 6.81. The lowest BCUT2D eigenvalue weighted by molar-refractivity contribution is -0.139. The number of hydrogen-bond acceptors (Lipinski definition) is 4. The summed E-state index contributed by atoms with van der Waals surface area (Å²) in [6, 6.07) is 11.8. The number of ether oxygens (including phenoxy) is 1. The fourth-order valence-electron chi connectivity index (χ4n) is 5.18. The van der Waals surface area contributed by atoms with E-state index in [1.807, 2.05) is 46.9 Å². The molecule has 0 radical (unpaired) electrons. The van der Waals surface area contributed by atoms with Crippen molar-refractivity contribution < 1.29 is 19.0 Å². The second kappa shape index (κ2) is 9.06. The summed E-state index contributed by atoms with van der Waals surface area (Å²) in [6.07, 6.45) is 7.59. The fourth-order valence-corrected chi connectivity index (χ4v) is 5.18. The molecule has 6 nitrogen and oxygen atoms in total. The van der Waals surface area contributed by atoms with E-state index in [4.69, 9.17) is 4.74 Å². The van der Waals surface area contributed by atoms with Crippen LogP contribution in [0.4, 0.5) is 4.39 Å². The summed E-state index contributed by atoms with van der Waals surface area (Å²) in [5.74, 6) is 0.356. The monoisotopic (exact) mass is 461 g/mol. The van der Waals surface area contributed by atoms with Gasteiger partial charge >= 0.3 is 0 Å². The smallest absolute Gasteiger partial charge is 0.250 e. The van der Waals surface area contributed by atoms with Crippen LogP contribution in [0.5, 0.6) is 5.75 Å². The highest BCUT2D eigenvalue weighted by Crippen LogP contribution is 2.41. The fraction of sp³-hybridized carbons (Fsp3) is 0.333. The predicted octanol–water partition coefficient (Wildman–Crippen LogP) is 4.60. The number of amides is 1. The molecule has 1 N–H and O–H groups in total. The van der Waals surface area contributed by atoms with E-state index in [-0.39, 0.29) is 23.8 Å². The highest BCUT2D eigenvalue weighted by molar-refractivity contribution is 5.99. The van der Waals surface area contributed by atoms with Crippen molar-refractivity contribution >= 4 is 12.0 Å². The minimum absolute atomic E-state index is 0.0225. The Balaban J connectivity index is 1.45. The van der Waals surface area contributed by atoms with Crippen LogP contribution in [0.3, 0.4) is 0 Å². The van der Waals surface area contributed by atoms with Crippen LogP contribution in [-0.2, 0) is 4.79 Å². The molecule has 3 aromatic rings. The lowest BCUT2D eigenvalue weighted by Crippen LogP contribution is -2.52. The minimum atomic E-state index is -0.474. The average molecular weight is 462 g/mol. The Morgan fingerprint density at radius 2 is 1.97 bits per heavy atom. The van der Waals surface area contributed by atoms with Gasteiger partial charge < -0.3 is 19.3 Å². The van der Waals surface area contributed by atoms with Crippen molar-refractivity contribution in [2.45, 2.75) is 50.8 Å². The lowest BCUT2D eigenvalue weighted by atomic mass is 9.82. The molecular formula is C27H28FN3O3. The van der Waals surface area contributed by atoms with Crippen LogP contribution < -0.4 is 4.74 Å². The Morgan fingerprint density at radius 3 is 2.68 bits per heavy atom. The first-order valence-corrected chi connectivity index (χ1v) is 11.6. The minimum Gasteiger partial charge on any atom is -0.495 e. The maximum absolute atomic E-state index is 13.6. The van der Waals surface area contributed by atoms with Gasteiger partial charge in [0, 0.05) is 17.8 Å². The first-order valence-electron chi connectivity index (χ1n) is 11.6. The Kier molecular flexibility index (Phi) is 5.96. The van der Waals surface area contributed by atoms with Crippen LogP contribution in [0, 0.1) is 12.7 Å². The van der Waals surface area contributed by atoms with Crippen molar-refractivity contribution in [3.8, 4) is 11.4 Å². The molecule has 0 saturated carbocycles. The molecule has 2 aromatic carbocycles. The third-order valence-corrected chi connectivity index (χ3v) is 6.81. The summed E-state index contributed by atoms with van der Waals surface area (Å²) in [5, 5.41) is 10.5. The standard InChI is InChI=1S/C27H28FN3O3/c1-17-15-30(16-29-17)24-10-3-18(12-26(24)34-2)11-20-6-9-22-13-23(32)14-25(31(22)27(20)33)19-4-7-21(28)8-5-19/h3-5,7-8,10-12,15-16,22-23,25,32H,6,9,13-14H2,1-2H3/b20-11+. The van der Waals surface area contributed by atoms with Gasteiger partial charge in [-0.15, -0.1) is 0 Å². The summed E-state index contributed by atoms with van der Waals surface area (Å²) in [6.45, 7) is 1.93. The Morgan fingerprint density at radius 1 is 1.18 bits per heavy atom. The first-order chi connectivity index (χ1) is 16.4. The van der Waals surface area contributed by atoms with Gasteiger partial charge in [0.1, 0.15) is 11.6 Å². The zero-order chi connectivity index (χ0) is 23.8. The molecule has 1 amide bonds. The number of methoxy groups -OCH3 is 1. The largest absolute Gasteiger partial charge is 0.495 e. The number of aromatic nitrogens is 2. The Hall–Kier alpha value is -3.45. The number of carbonyl (C=O) groups is 1. The van der Waals surface area contributed by atoms with E-state index in [1.54, 1.807) is 25.6 Å². The molecule has 0 aliphatic carbocycles. The number of benzene rings is 2. The highest BCUT2D eigenvalue weighted by Gasteiger charge is 2.42. The number of fused-ring (bicyclic) bond motifs is 1. The van der Waals surface area contributed by atoms with Gasteiger partial charge in [0.2, 0.25) is 0 Å². The van der Waals surface area contributed by atoms with Gasteiger partial charge in [0.25, 0.3) is 5.91 Å². The van der Waals surface area contributed by atoms with E-state index in [0.717, 1.165) is 34.5 Å². The molecule has 5 rings (SSSR count). The van der Waals surface area contributed by atoms with Crippen molar-refractivity contribution in [2.24, 2.45) is 0 Å². The molecule has 7 heteroatoms. The van der Waals surface area contributed by atoms with Crippen molar-refractivity contribution in [1.82, 2.24) is 14.5 Å². The van der Waals surface area contributed by atoms with Gasteiger partial charge in [-0.2, -0.15) is 0 Å². The topological polar surface area (TPSA) is 67.6 Å². The number of aryl methyl sites for hydroxylation is 1. The van der Waals surface area contributed by atoms with Crippen molar-refractivity contribution in [3.05, 3.63) is 83.2 Å². The molecule has 2 aliphatic heterocycles. The van der Waals surface area contributed by atoms with Crippen LogP contribution in [0.2, 0.25) is 0 Å². The summed E-state index contributed by atoms with van der Waals surface area (Å²) in [5.41, 5.74) is 4.25.